The van der Waals surface area contributed by atoms with E-state index in [4.69, 9.17) is 8.92 Å². The summed E-state index contributed by atoms with van der Waals surface area (Å²) in [4.78, 5) is 0.145. The van der Waals surface area contributed by atoms with Crippen LogP contribution in [0.4, 0.5) is 0 Å². The van der Waals surface area contributed by atoms with Crippen LogP contribution >= 0.6 is 22.6 Å². The highest BCUT2D eigenvalue weighted by Crippen LogP contribution is 2.22. The lowest BCUT2D eigenvalue weighted by atomic mass is 10.1. The third kappa shape index (κ3) is 11.1. The lowest BCUT2D eigenvalue weighted by Gasteiger charge is -2.09. The van der Waals surface area contributed by atoms with Gasteiger partial charge in [0.1, 0.15) is 16.4 Å². The molecule has 0 unspecified atom stereocenters. The van der Waals surface area contributed by atoms with Gasteiger partial charge in [-0.15, -0.1) is 0 Å². The molecule has 0 atom stereocenters. The van der Waals surface area contributed by atoms with Crippen molar-refractivity contribution < 1.29 is 17.3 Å². The molecule has 3 rings (SSSR count). The monoisotopic (exact) mass is 580 g/mol. The van der Waals surface area contributed by atoms with E-state index in [-0.39, 0.29) is 10.6 Å². The Labute approximate surface area is 212 Å². The van der Waals surface area contributed by atoms with Gasteiger partial charge in [0.2, 0.25) is 0 Å². The zero-order valence-corrected chi connectivity index (χ0v) is 22.3. The van der Waals surface area contributed by atoms with Gasteiger partial charge in [-0.2, -0.15) is 8.42 Å². The Morgan fingerprint density at radius 2 is 1.30 bits per heavy atom. The molecule has 0 amide bonds. The molecule has 0 fully saturated rings. The standard InChI is InChI=1S/C21H28O4S.C6H5I/c1-3-4-5-6-7-8-17-24-19-11-13-20(14-12-19)25-26(22,23)21-15-9-18(2)10-16-21;7-6-4-2-1-3-5-6/h9-16H,3-8,17H2,1-2H3;1-5H. The van der Waals surface area contributed by atoms with Gasteiger partial charge in [-0.3, -0.25) is 0 Å². The maximum Gasteiger partial charge on any atom is 0.339 e. The fourth-order valence-electron chi connectivity index (χ4n) is 2.96. The number of aryl methyl sites for hydroxylation is 1. The Morgan fingerprint density at radius 1 is 0.727 bits per heavy atom. The van der Waals surface area contributed by atoms with Gasteiger partial charge in [0.05, 0.1) is 6.61 Å². The predicted molar refractivity (Wildman–Crippen MR) is 143 cm³/mol. The molecule has 3 aromatic rings. The summed E-state index contributed by atoms with van der Waals surface area (Å²) in [5.41, 5.74) is 0.996. The predicted octanol–water partition coefficient (Wildman–Crippen LogP) is 7.79. The number of rotatable bonds is 11. The van der Waals surface area contributed by atoms with E-state index in [9.17, 15) is 8.42 Å². The fraction of sp³-hybridized carbons (Fsp3) is 0.333. The number of halogens is 1. The van der Waals surface area contributed by atoms with Crippen LogP contribution in [0.5, 0.6) is 11.5 Å². The summed E-state index contributed by atoms with van der Waals surface area (Å²) < 4.78 is 36.7. The summed E-state index contributed by atoms with van der Waals surface area (Å²) in [5, 5.41) is 0. The van der Waals surface area contributed by atoms with Gasteiger partial charge in [-0.25, -0.2) is 0 Å². The summed E-state index contributed by atoms with van der Waals surface area (Å²) in [6, 6.07) is 23.5. The minimum absolute atomic E-state index is 0.145. The molecule has 0 saturated carbocycles. The van der Waals surface area contributed by atoms with E-state index < -0.39 is 10.1 Å². The molecule has 178 valence electrons. The molecule has 33 heavy (non-hydrogen) atoms. The molecule has 4 nitrogen and oxygen atoms in total. The van der Waals surface area contributed by atoms with Gasteiger partial charge in [0.25, 0.3) is 0 Å². The van der Waals surface area contributed by atoms with Crippen molar-refractivity contribution >= 4 is 32.7 Å². The Kier molecular flexibility index (Phi) is 12.3. The molecule has 0 radical (unpaired) electrons. The topological polar surface area (TPSA) is 52.6 Å². The minimum Gasteiger partial charge on any atom is -0.494 e. The molecular formula is C27H33IO4S. The molecule has 0 spiro atoms. The number of benzene rings is 3. The van der Waals surface area contributed by atoms with Crippen molar-refractivity contribution in [2.24, 2.45) is 0 Å². The number of unbranched alkanes of at least 4 members (excludes halogenated alkanes) is 5. The van der Waals surface area contributed by atoms with Crippen molar-refractivity contribution in [2.75, 3.05) is 6.61 Å². The quantitative estimate of drug-likeness (QED) is 0.132. The Morgan fingerprint density at radius 3 is 1.88 bits per heavy atom. The van der Waals surface area contributed by atoms with E-state index in [1.54, 1.807) is 48.5 Å². The Hall–Kier alpha value is -2.06. The zero-order chi connectivity index (χ0) is 23.9. The summed E-state index contributed by atoms with van der Waals surface area (Å²) in [6.45, 7) is 4.79. The van der Waals surface area contributed by atoms with Crippen molar-refractivity contribution in [1.82, 2.24) is 0 Å². The van der Waals surface area contributed by atoms with Gasteiger partial charge in [-0.1, -0.05) is 74.9 Å². The van der Waals surface area contributed by atoms with Gasteiger partial charge in [0, 0.05) is 3.57 Å². The van der Waals surface area contributed by atoms with Crippen LogP contribution in [0, 0.1) is 10.5 Å². The Balaban J connectivity index is 0.000000468. The first kappa shape index (κ1) is 27.2. The maximum atomic E-state index is 12.3. The second-order valence-electron chi connectivity index (χ2n) is 7.73. The zero-order valence-electron chi connectivity index (χ0n) is 19.4. The van der Waals surface area contributed by atoms with Gasteiger partial charge < -0.3 is 8.92 Å². The van der Waals surface area contributed by atoms with Crippen molar-refractivity contribution in [3.63, 3.8) is 0 Å². The largest absolute Gasteiger partial charge is 0.494 e. The highest BCUT2D eigenvalue weighted by Gasteiger charge is 2.16. The van der Waals surface area contributed by atoms with Crippen LogP contribution in [0.3, 0.4) is 0 Å². The van der Waals surface area contributed by atoms with Crippen LogP contribution in [0.25, 0.3) is 0 Å². The van der Waals surface area contributed by atoms with Crippen LogP contribution in [-0.4, -0.2) is 15.0 Å². The average molecular weight is 581 g/mol. The van der Waals surface area contributed by atoms with E-state index in [2.05, 4.69) is 41.6 Å². The SMILES string of the molecule is CCCCCCCCOc1ccc(OS(=O)(=O)c2ccc(C)cc2)cc1.Ic1ccccc1. The van der Waals surface area contributed by atoms with E-state index in [1.165, 1.54) is 35.7 Å². The molecule has 3 aromatic carbocycles. The summed E-state index contributed by atoms with van der Waals surface area (Å²) in [5.74, 6) is 0.996. The van der Waals surface area contributed by atoms with Crippen LogP contribution in [0.2, 0.25) is 0 Å². The third-order valence-corrected chi connectivity index (χ3v) is 6.82. The van der Waals surface area contributed by atoms with Gasteiger partial charge >= 0.3 is 10.1 Å². The molecule has 0 aliphatic carbocycles. The highest BCUT2D eigenvalue weighted by atomic mass is 127. The molecular weight excluding hydrogens is 547 g/mol. The first-order valence-corrected chi connectivity index (χ1v) is 13.8. The summed E-state index contributed by atoms with van der Waals surface area (Å²) in [6.07, 6.45) is 7.30. The van der Waals surface area contributed by atoms with Crippen molar-refractivity contribution in [2.45, 2.75) is 57.3 Å². The van der Waals surface area contributed by atoms with Crippen LogP contribution in [0.15, 0.2) is 83.8 Å². The molecule has 0 bridgehead atoms. The lowest BCUT2D eigenvalue weighted by molar-refractivity contribution is 0.304. The lowest BCUT2D eigenvalue weighted by Crippen LogP contribution is -2.09. The molecule has 0 N–H and O–H groups in total. The first-order valence-electron chi connectivity index (χ1n) is 11.4. The van der Waals surface area contributed by atoms with Crippen molar-refractivity contribution in [1.29, 1.82) is 0 Å². The molecule has 0 aliphatic heterocycles. The van der Waals surface area contributed by atoms with E-state index in [0.29, 0.717) is 6.61 Å². The van der Waals surface area contributed by atoms with E-state index in [0.717, 1.165) is 17.7 Å². The Bertz CT molecular complexity index is 1020. The van der Waals surface area contributed by atoms with Gasteiger partial charge in [-0.05, 0) is 84.5 Å². The molecule has 0 saturated heterocycles. The molecule has 0 aliphatic rings. The fourth-order valence-corrected chi connectivity index (χ4v) is 4.30. The number of hydrogen-bond donors (Lipinski definition) is 0. The van der Waals surface area contributed by atoms with E-state index >= 15 is 0 Å². The van der Waals surface area contributed by atoms with Gasteiger partial charge in [0.15, 0.2) is 0 Å². The summed E-state index contributed by atoms with van der Waals surface area (Å²) in [7, 11) is -3.82. The average Bonchev–Trinajstić information content (AvgIpc) is 2.81. The molecule has 0 aromatic heterocycles. The van der Waals surface area contributed by atoms with Crippen LogP contribution in [-0.2, 0) is 10.1 Å². The van der Waals surface area contributed by atoms with Crippen LogP contribution < -0.4 is 8.92 Å². The van der Waals surface area contributed by atoms with E-state index in [1.807, 2.05) is 25.1 Å². The maximum absolute atomic E-state index is 12.3. The minimum atomic E-state index is -3.82. The highest BCUT2D eigenvalue weighted by molar-refractivity contribution is 14.1. The van der Waals surface area contributed by atoms with Crippen molar-refractivity contribution in [3.05, 3.63) is 88.0 Å². The molecule has 0 heterocycles. The number of ether oxygens (including phenoxy) is 1. The summed E-state index contributed by atoms with van der Waals surface area (Å²) >= 11 is 2.28. The smallest absolute Gasteiger partial charge is 0.339 e. The first-order chi connectivity index (χ1) is 15.9. The second-order valence-corrected chi connectivity index (χ2v) is 10.5. The molecule has 6 heteroatoms. The normalized spacial score (nSPS) is 10.8. The van der Waals surface area contributed by atoms with Crippen LogP contribution in [0.1, 0.15) is 51.0 Å². The third-order valence-electron chi connectivity index (χ3n) is 4.84. The number of hydrogen-bond acceptors (Lipinski definition) is 4. The second kappa shape index (κ2) is 15.0. The van der Waals surface area contributed by atoms with Crippen molar-refractivity contribution in [3.8, 4) is 11.5 Å².